The van der Waals surface area contributed by atoms with E-state index in [2.05, 4.69) is 0 Å². The number of nitrogens with zero attached hydrogens (tertiary/aromatic N) is 1. The van der Waals surface area contributed by atoms with Gasteiger partial charge in [-0.1, -0.05) is 30.3 Å². The van der Waals surface area contributed by atoms with E-state index < -0.39 is 0 Å². The highest BCUT2D eigenvalue weighted by molar-refractivity contribution is 5.79. The molecule has 1 heterocycles. The maximum Gasteiger partial charge on any atom is 0.227 e. The lowest BCUT2D eigenvalue weighted by molar-refractivity contribution is -0.131. The van der Waals surface area contributed by atoms with Crippen molar-refractivity contribution in [2.75, 3.05) is 6.54 Å². The summed E-state index contributed by atoms with van der Waals surface area (Å²) in [7, 11) is 0. The zero-order valence-corrected chi connectivity index (χ0v) is 8.32. The molecule has 78 valence electrons. The number of hydrogen-bond acceptors (Lipinski definition) is 1. The number of rotatable bonds is 2. The Balaban J connectivity index is 2.06. The van der Waals surface area contributed by atoms with Crippen molar-refractivity contribution in [1.82, 2.24) is 4.90 Å². The molecule has 1 aliphatic heterocycles. The molecule has 0 spiro atoms. The molecule has 0 atom stereocenters. The molecular weight excluding hydrogens is 193 g/mol. The fourth-order valence-corrected chi connectivity index (χ4v) is 1.61. The first kappa shape index (κ1) is 9.90. The van der Waals surface area contributed by atoms with E-state index in [1.54, 1.807) is 0 Å². The molecule has 15 heavy (non-hydrogen) atoms. The molecule has 1 aromatic carbocycles. The molecule has 0 radical (unpaired) electrons. The zero-order valence-electron chi connectivity index (χ0n) is 8.32. The van der Waals surface area contributed by atoms with Crippen LogP contribution in [0.1, 0.15) is 12.0 Å². The molecule has 2 rings (SSSR count). The molecule has 2 nitrogen and oxygen atoms in total. The Kier molecular flexibility index (Phi) is 2.81. The van der Waals surface area contributed by atoms with E-state index in [1.807, 2.05) is 30.3 Å². The lowest BCUT2D eigenvalue weighted by Crippen LogP contribution is -2.33. The van der Waals surface area contributed by atoms with Gasteiger partial charge in [-0.3, -0.25) is 4.79 Å². The number of halogens is 1. The SMILES string of the molecule is O=C1CC=C(F)CN1Cc1ccccc1. The number of carbonyl (C=O) groups excluding carboxylic acids is 1. The minimum atomic E-state index is -0.217. The van der Waals surface area contributed by atoms with Crippen molar-refractivity contribution in [2.24, 2.45) is 0 Å². The fraction of sp³-hybridized carbons (Fsp3) is 0.250. The van der Waals surface area contributed by atoms with Crippen molar-refractivity contribution in [3.63, 3.8) is 0 Å². The van der Waals surface area contributed by atoms with Gasteiger partial charge in [-0.25, -0.2) is 4.39 Å². The van der Waals surface area contributed by atoms with Gasteiger partial charge in [0.05, 0.1) is 6.54 Å². The Morgan fingerprint density at radius 1 is 1.27 bits per heavy atom. The quantitative estimate of drug-likeness (QED) is 0.725. The average Bonchev–Trinajstić information content (AvgIpc) is 2.25. The van der Waals surface area contributed by atoms with Crippen LogP contribution in [0.15, 0.2) is 42.2 Å². The van der Waals surface area contributed by atoms with Gasteiger partial charge in [-0.05, 0) is 11.6 Å². The molecule has 0 unspecified atom stereocenters. The van der Waals surface area contributed by atoms with Crippen LogP contribution in [0.2, 0.25) is 0 Å². The maximum atomic E-state index is 13.0. The number of hydrogen-bond donors (Lipinski definition) is 0. The van der Waals surface area contributed by atoms with Crippen LogP contribution < -0.4 is 0 Å². The third-order valence-electron chi connectivity index (χ3n) is 2.41. The summed E-state index contributed by atoms with van der Waals surface area (Å²) in [6.45, 7) is 0.592. The topological polar surface area (TPSA) is 20.3 Å². The predicted octanol–water partition coefficient (Wildman–Crippen LogP) is 2.27. The van der Waals surface area contributed by atoms with Crippen LogP contribution in [-0.4, -0.2) is 17.4 Å². The molecule has 0 bridgehead atoms. The van der Waals surface area contributed by atoms with E-state index in [0.29, 0.717) is 6.54 Å². The van der Waals surface area contributed by atoms with Crippen LogP contribution >= 0.6 is 0 Å². The predicted molar refractivity (Wildman–Crippen MR) is 55.7 cm³/mol. The van der Waals surface area contributed by atoms with Gasteiger partial charge in [0, 0.05) is 13.0 Å². The van der Waals surface area contributed by atoms with E-state index in [0.717, 1.165) is 5.56 Å². The van der Waals surface area contributed by atoms with Crippen LogP contribution in [0.4, 0.5) is 4.39 Å². The highest BCUT2D eigenvalue weighted by atomic mass is 19.1. The summed E-state index contributed by atoms with van der Waals surface area (Å²) >= 11 is 0. The third kappa shape index (κ3) is 2.43. The van der Waals surface area contributed by atoms with E-state index in [-0.39, 0.29) is 24.7 Å². The van der Waals surface area contributed by atoms with Crippen molar-refractivity contribution < 1.29 is 9.18 Å². The van der Waals surface area contributed by atoms with Gasteiger partial charge in [-0.2, -0.15) is 0 Å². The molecule has 0 saturated carbocycles. The van der Waals surface area contributed by atoms with Crippen LogP contribution in [0.3, 0.4) is 0 Å². The summed E-state index contributed by atoms with van der Waals surface area (Å²) in [5.41, 5.74) is 1.03. The normalized spacial score (nSPS) is 16.5. The van der Waals surface area contributed by atoms with Gasteiger partial charge >= 0.3 is 0 Å². The molecular formula is C12H12FNO. The first-order valence-electron chi connectivity index (χ1n) is 4.92. The van der Waals surface area contributed by atoms with Crippen molar-refractivity contribution in [2.45, 2.75) is 13.0 Å². The van der Waals surface area contributed by atoms with E-state index in [9.17, 15) is 9.18 Å². The van der Waals surface area contributed by atoms with Gasteiger partial charge in [0.1, 0.15) is 5.83 Å². The maximum absolute atomic E-state index is 13.0. The summed E-state index contributed by atoms with van der Waals surface area (Å²) in [4.78, 5) is 13.0. The molecule has 0 saturated heterocycles. The largest absolute Gasteiger partial charge is 0.331 e. The van der Waals surface area contributed by atoms with Gasteiger partial charge < -0.3 is 4.90 Å². The zero-order chi connectivity index (χ0) is 10.7. The van der Waals surface area contributed by atoms with Crippen molar-refractivity contribution in [3.8, 4) is 0 Å². The molecule has 1 aromatic rings. The van der Waals surface area contributed by atoms with E-state index in [4.69, 9.17) is 0 Å². The Bertz CT molecular complexity index is 386. The van der Waals surface area contributed by atoms with Gasteiger partial charge in [0.25, 0.3) is 0 Å². The number of amides is 1. The van der Waals surface area contributed by atoms with Crippen LogP contribution in [0, 0.1) is 0 Å². The summed E-state index contributed by atoms with van der Waals surface area (Å²) in [5.74, 6) is -0.231. The van der Waals surface area contributed by atoms with Crippen molar-refractivity contribution in [3.05, 3.63) is 47.8 Å². The highest BCUT2D eigenvalue weighted by Gasteiger charge is 2.19. The molecule has 0 aromatic heterocycles. The molecule has 3 heteroatoms. The second-order valence-electron chi connectivity index (χ2n) is 3.59. The Labute approximate surface area is 88.0 Å². The first-order valence-corrected chi connectivity index (χ1v) is 4.92. The monoisotopic (exact) mass is 205 g/mol. The second kappa shape index (κ2) is 4.26. The van der Waals surface area contributed by atoms with Crippen LogP contribution in [-0.2, 0) is 11.3 Å². The standard InChI is InChI=1S/C12H12FNO/c13-11-6-7-12(15)14(9-11)8-10-4-2-1-3-5-10/h1-6H,7-9H2. The Hall–Kier alpha value is -1.64. The average molecular weight is 205 g/mol. The smallest absolute Gasteiger partial charge is 0.227 e. The lowest BCUT2D eigenvalue weighted by Gasteiger charge is -2.24. The Morgan fingerprint density at radius 3 is 2.73 bits per heavy atom. The lowest BCUT2D eigenvalue weighted by atomic mass is 10.1. The van der Waals surface area contributed by atoms with Crippen LogP contribution in [0.25, 0.3) is 0 Å². The van der Waals surface area contributed by atoms with Gasteiger partial charge in [-0.15, -0.1) is 0 Å². The van der Waals surface area contributed by atoms with Crippen molar-refractivity contribution in [1.29, 1.82) is 0 Å². The Morgan fingerprint density at radius 2 is 2.00 bits per heavy atom. The van der Waals surface area contributed by atoms with Crippen molar-refractivity contribution >= 4 is 5.91 Å². The molecule has 0 fully saturated rings. The molecule has 1 amide bonds. The van der Waals surface area contributed by atoms with E-state index in [1.165, 1.54) is 11.0 Å². The minimum Gasteiger partial charge on any atom is -0.331 e. The minimum absolute atomic E-state index is 0.0137. The first-order chi connectivity index (χ1) is 7.25. The highest BCUT2D eigenvalue weighted by Crippen LogP contribution is 2.14. The number of carbonyl (C=O) groups is 1. The summed E-state index contributed by atoms with van der Waals surface area (Å²) in [6.07, 6.45) is 1.53. The summed E-state index contributed by atoms with van der Waals surface area (Å²) < 4.78 is 13.0. The van der Waals surface area contributed by atoms with Gasteiger partial charge in [0.15, 0.2) is 0 Å². The molecule has 0 N–H and O–H groups in total. The summed E-state index contributed by atoms with van der Waals surface area (Å²) in [5, 5.41) is 0. The number of benzene rings is 1. The summed E-state index contributed by atoms with van der Waals surface area (Å²) in [6, 6.07) is 9.61. The molecule has 1 aliphatic rings. The van der Waals surface area contributed by atoms with Gasteiger partial charge in [0.2, 0.25) is 5.91 Å². The third-order valence-corrected chi connectivity index (χ3v) is 2.41. The second-order valence-corrected chi connectivity index (χ2v) is 3.59. The molecule has 0 aliphatic carbocycles. The van der Waals surface area contributed by atoms with Crippen LogP contribution in [0.5, 0.6) is 0 Å². The fourth-order valence-electron chi connectivity index (χ4n) is 1.61. The van der Waals surface area contributed by atoms with E-state index >= 15 is 0 Å².